The second-order valence-electron chi connectivity index (χ2n) is 5.80. The molecule has 1 aliphatic rings. The molecule has 0 amide bonds. The van der Waals surface area contributed by atoms with Crippen molar-refractivity contribution in [3.05, 3.63) is 50.9 Å². The van der Waals surface area contributed by atoms with Gasteiger partial charge in [0.1, 0.15) is 0 Å². The fourth-order valence-corrected chi connectivity index (χ4v) is 3.11. The molecular formula is C17H15BrClN3O3. The molecule has 0 radical (unpaired) electrons. The van der Waals surface area contributed by atoms with E-state index in [1.54, 1.807) is 18.2 Å². The molecule has 130 valence electrons. The first-order valence-corrected chi connectivity index (χ1v) is 8.69. The van der Waals surface area contributed by atoms with Gasteiger partial charge in [-0.15, -0.1) is 0 Å². The van der Waals surface area contributed by atoms with Crippen LogP contribution in [0.5, 0.6) is 0 Å². The number of oxazole rings is 1. The zero-order chi connectivity index (χ0) is 18.1. The average molecular weight is 425 g/mol. The molecule has 1 N–H and O–H groups in total. The third-order valence-corrected chi connectivity index (χ3v) is 4.43. The van der Waals surface area contributed by atoms with Crippen LogP contribution in [-0.4, -0.2) is 48.6 Å². The minimum absolute atomic E-state index is 0.0112. The van der Waals surface area contributed by atoms with Crippen LogP contribution in [0.25, 0.3) is 11.5 Å². The molecule has 0 bridgehead atoms. The van der Waals surface area contributed by atoms with Gasteiger partial charge in [-0.3, -0.25) is 9.59 Å². The fourth-order valence-electron chi connectivity index (χ4n) is 2.35. The van der Waals surface area contributed by atoms with Gasteiger partial charge in [0.2, 0.25) is 23.2 Å². The van der Waals surface area contributed by atoms with Gasteiger partial charge in [-0.1, -0.05) is 27.5 Å². The van der Waals surface area contributed by atoms with E-state index in [2.05, 4.69) is 26.2 Å². The standard InChI is InChI=1S/C17H15BrClN3O3/c1-22(2)6-5-20-12-8-13(23)14-16(15(12)24)25-17(21-14)10-4-3-9(18)7-11(10)19/h3-4,7-8,20H,5-6H2,1-2H3. The number of fused-ring (bicyclic) bond motifs is 1. The summed E-state index contributed by atoms with van der Waals surface area (Å²) in [6.07, 6.45) is 1.26. The van der Waals surface area contributed by atoms with E-state index < -0.39 is 0 Å². The number of benzene rings is 1. The van der Waals surface area contributed by atoms with Crippen LogP contribution in [0.4, 0.5) is 0 Å². The summed E-state index contributed by atoms with van der Waals surface area (Å²) in [5.41, 5.74) is 0.739. The van der Waals surface area contributed by atoms with Gasteiger partial charge in [-0.2, -0.15) is 0 Å². The third kappa shape index (κ3) is 3.68. The van der Waals surface area contributed by atoms with Crippen molar-refractivity contribution in [2.24, 2.45) is 0 Å². The van der Waals surface area contributed by atoms with Crippen LogP contribution in [0.3, 0.4) is 0 Å². The molecule has 0 unspecified atom stereocenters. The number of rotatable bonds is 5. The summed E-state index contributed by atoms with van der Waals surface area (Å²) < 4.78 is 6.39. The number of aromatic nitrogens is 1. The number of Topliss-reactive ketones (excluding diaryl/α,β-unsaturated/α-hetero) is 1. The molecule has 1 heterocycles. The molecule has 25 heavy (non-hydrogen) atoms. The Morgan fingerprint density at radius 3 is 2.76 bits per heavy atom. The van der Waals surface area contributed by atoms with Crippen molar-refractivity contribution in [1.82, 2.24) is 15.2 Å². The van der Waals surface area contributed by atoms with E-state index >= 15 is 0 Å². The number of allylic oxidation sites excluding steroid dienone is 2. The van der Waals surface area contributed by atoms with Crippen molar-refractivity contribution < 1.29 is 14.0 Å². The number of likely N-dealkylation sites (N-methyl/N-ethyl adjacent to an activating group) is 1. The number of halogens is 2. The Morgan fingerprint density at radius 1 is 1.32 bits per heavy atom. The third-order valence-electron chi connectivity index (χ3n) is 3.62. The van der Waals surface area contributed by atoms with Crippen molar-refractivity contribution in [2.75, 3.05) is 27.2 Å². The lowest BCUT2D eigenvalue weighted by atomic mass is 10.0. The SMILES string of the molecule is CN(C)CCNC1=CC(=O)c2nc(-c3ccc(Br)cc3Cl)oc2C1=O. The Kier molecular flexibility index (Phi) is 5.08. The van der Waals surface area contributed by atoms with E-state index in [4.69, 9.17) is 16.0 Å². The van der Waals surface area contributed by atoms with Crippen LogP contribution >= 0.6 is 27.5 Å². The molecule has 0 fully saturated rings. The monoisotopic (exact) mass is 423 g/mol. The number of nitrogens with zero attached hydrogens (tertiary/aromatic N) is 2. The lowest BCUT2D eigenvalue weighted by Crippen LogP contribution is -2.31. The molecule has 1 aromatic heterocycles. The zero-order valence-corrected chi connectivity index (χ0v) is 15.9. The summed E-state index contributed by atoms with van der Waals surface area (Å²) in [6, 6.07) is 5.18. The highest BCUT2D eigenvalue weighted by Crippen LogP contribution is 2.32. The van der Waals surface area contributed by atoms with E-state index in [9.17, 15) is 9.59 Å². The molecule has 3 rings (SSSR count). The average Bonchev–Trinajstić information content (AvgIpc) is 2.97. The molecule has 0 spiro atoms. The van der Waals surface area contributed by atoms with Crippen LogP contribution in [0.15, 0.2) is 38.9 Å². The van der Waals surface area contributed by atoms with Crippen molar-refractivity contribution in [1.29, 1.82) is 0 Å². The van der Waals surface area contributed by atoms with Gasteiger partial charge in [0, 0.05) is 23.6 Å². The van der Waals surface area contributed by atoms with Crippen LogP contribution in [0.2, 0.25) is 5.02 Å². The lowest BCUT2D eigenvalue weighted by molar-refractivity contribution is 0.0956. The molecule has 0 saturated heterocycles. The summed E-state index contributed by atoms with van der Waals surface area (Å²) in [5, 5.41) is 3.38. The van der Waals surface area contributed by atoms with E-state index in [0.717, 1.165) is 11.0 Å². The van der Waals surface area contributed by atoms with Gasteiger partial charge in [0.05, 0.1) is 16.3 Å². The first-order valence-electron chi connectivity index (χ1n) is 7.52. The van der Waals surface area contributed by atoms with Gasteiger partial charge in [0.25, 0.3) is 0 Å². The number of hydrogen-bond acceptors (Lipinski definition) is 6. The van der Waals surface area contributed by atoms with Gasteiger partial charge in [-0.25, -0.2) is 4.98 Å². The summed E-state index contributed by atoms with van der Waals surface area (Å²) in [4.78, 5) is 31.0. The first kappa shape index (κ1) is 17.8. The largest absolute Gasteiger partial charge is 0.432 e. The number of ketones is 2. The van der Waals surface area contributed by atoms with Crippen LogP contribution in [0, 0.1) is 0 Å². The maximum absolute atomic E-state index is 12.6. The Morgan fingerprint density at radius 2 is 2.08 bits per heavy atom. The summed E-state index contributed by atoms with van der Waals surface area (Å²) in [7, 11) is 3.85. The highest BCUT2D eigenvalue weighted by atomic mass is 79.9. The predicted octanol–water partition coefficient (Wildman–Crippen LogP) is 3.17. The fraction of sp³-hybridized carbons (Fsp3) is 0.235. The van der Waals surface area contributed by atoms with Crippen molar-refractivity contribution in [3.63, 3.8) is 0 Å². The van der Waals surface area contributed by atoms with E-state index in [0.29, 0.717) is 17.1 Å². The zero-order valence-electron chi connectivity index (χ0n) is 13.6. The van der Waals surface area contributed by atoms with Crippen LogP contribution in [-0.2, 0) is 0 Å². The van der Waals surface area contributed by atoms with E-state index in [1.807, 2.05) is 19.0 Å². The summed E-state index contributed by atoms with van der Waals surface area (Å²) >= 11 is 9.52. The number of hydrogen-bond donors (Lipinski definition) is 1. The molecule has 8 heteroatoms. The van der Waals surface area contributed by atoms with Crippen LogP contribution in [0.1, 0.15) is 21.0 Å². The van der Waals surface area contributed by atoms with Gasteiger partial charge in [-0.05, 0) is 32.3 Å². The lowest BCUT2D eigenvalue weighted by Gasteiger charge is -2.14. The second kappa shape index (κ2) is 7.11. The molecule has 6 nitrogen and oxygen atoms in total. The molecular weight excluding hydrogens is 410 g/mol. The molecule has 2 aromatic rings. The topological polar surface area (TPSA) is 75.4 Å². The molecule has 1 aliphatic carbocycles. The number of nitrogens with one attached hydrogen (secondary N) is 1. The highest BCUT2D eigenvalue weighted by molar-refractivity contribution is 9.10. The van der Waals surface area contributed by atoms with E-state index in [1.165, 1.54) is 6.08 Å². The minimum atomic E-state index is -0.389. The first-order chi connectivity index (χ1) is 11.9. The molecule has 1 aromatic carbocycles. The second-order valence-corrected chi connectivity index (χ2v) is 7.13. The highest BCUT2D eigenvalue weighted by Gasteiger charge is 2.32. The smallest absolute Gasteiger partial charge is 0.246 e. The summed E-state index contributed by atoms with van der Waals surface area (Å²) in [6.45, 7) is 1.26. The minimum Gasteiger partial charge on any atom is -0.432 e. The summed E-state index contributed by atoms with van der Waals surface area (Å²) in [5.74, 6) is -0.675. The Hall–Kier alpha value is -1.96. The Labute approximate surface area is 158 Å². The van der Waals surface area contributed by atoms with Crippen molar-refractivity contribution in [2.45, 2.75) is 0 Å². The Bertz CT molecular complexity index is 889. The molecule has 0 atom stereocenters. The number of carbonyl (C=O) groups excluding carboxylic acids is 2. The van der Waals surface area contributed by atoms with Gasteiger partial charge in [0.15, 0.2) is 5.69 Å². The maximum atomic E-state index is 12.6. The quantitative estimate of drug-likeness (QED) is 0.794. The van der Waals surface area contributed by atoms with Gasteiger partial charge < -0.3 is 14.6 Å². The van der Waals surface area contributed by atoms with Crippen LogP contribution < -0.4 is 5.32 Å². The number of carbonyl (C=O) groups is 2. The van der Waals surface area contributed by atoms with Crippen molar-refractivity contribution in [3.8, 4) is 11.5 Å². The van der Waals surface area contributed by atoms with Crippen molar-refractivity contribution >= 4 is 39.1 Å². The molecule has 0 aliphatic heterocycles. The Balaban J connectivity index is 1.89. The maximum Gasteiger partial charge on any atom is 0.246 e. The predicted molar refractivity (Wildman–Crippen MR) is 97.9 cm³/mol. The molecule has 0 saturated carbocycles. The van der Waals surface area contributed by atoms with Gasteiger partial charge >= 0.3 is 0 Å². The normalized spacial score (nSPS) is 13.9. The van der Waals surface area contributed by atoms with E-state index in [-0.39, 0.29) is 34.6 Å².